The number of allylic oxidation sites excluding steroid dienone is 1. The third kappa shape index (κ3) is 4.92. The normalized spacial score (nSPS) is 10.6. The molecule has 1 N–H and O–H groups in total. The lowest BCUT2D eigenvalue weighted by Gasteiger charge is -2.06. The van der Waals surface area contributed by atoms with Gasteiger partial charge in [0, 0.05) is 16.8 Å². The SMILES string of the molecule is COc1ccc(C(=O)Nc2ccc(/C=C/C(=O)c3ccccc3)cc2)cc1. The summed E-state index contributed by atoms with van der Waals surface area (Å²) < 4.78 is 5.09. The molecule has 0 fully saturated rings. The topological polar surface area (TPSA) is 55.4 Å². The van der Waals surface area contributed by atoms with Crippen LogP contribution >= 0.6 is 0 Å². The number of rotatable bonds is 6. The Hall–Kier alpha value is -3.66. The molecular formula is C23H19NO3. The van der Waals surface area contributed by atoms with E-state index in [1.165, 1.54) is 0 Å². The van der Waals surface area contributed by atoms with Crippen LogP contribution in [-0.4, -0.2) is 18.8 Å². The Kier molecular flexibility index (Phi) is 5.80. The van der Waals surface area contributed by atoms with Gasteiger partial charge in [0.05, 0.1) is 7.11 Å². The lowest BCUT2D eigenvalue weighted by atomic mass is 10.1. The van der Waals surface area contributed by atoms with E-state index in [1.807, 2.05) is 30.3 Å². The highest BCUT2D eigenvalue weighted by molar-refractivity contribution is 6.07. The number of benzene rings is 3. The first kappa shape index (κ1) is 18.1. The Morgan fingerprint density at radius 2 is 1.48 bits per heavy atom. The van der Waals surface area contributed by atoms with Crippen molar-refractivity contribution in [1.29, 1.82) is 0 Å². The molecule has 0 aliphatic rings. The fourth-order valence-corrected chi connectivity index (χ4v) is 2.49. The van der Waals surface area contributed by atoms with Crippen LogP contribution in [0.15, 0.2) is 84.9 Å². The van der Waals surface area contributed by atoms with Gasteiger partial charge in [0.1, 0.15) is 5.75 Å². The van der Waals surface area contributed by atoms with Gasteiger partial charge in [-0.2, -0.15) is 0 Å². The van der Waals surface area contributed by atoms with E-state index in [0.717, 1.165) is 5.56 Å². The number of ether oxygens (including phenoxy) is 1. The molecule has 0 aliphatic heterocycles. The molecule has 27 heavy (non-hydrogen) atoms. The predicted octanol–water partition coefficient (Wildman–Crippen LogP) is 4.84. The molecule has 0 heterocycles. The van der Waals surface area contributed by atoms with Gasteiger partial charge in [-0.15, -0.1) is 0 Å². The van der Waals surface area contributed by atoms with E-state index in [9.17, 15) is 9.59 Å². The molecule has 0 bridgehead atoms. The van der Waals surface area contributed by atoms with Crippen LogP contribution in [-0.2, 0) is 0 Å². The zero-order valence-electron chi connectivity index (χ0n) is 14.9. The molecule has 0 aromatic heterocycles. The molecule has 0 radical (unpaired) electrons. The van der Waals surface area contributed by atoms with Gasteiger partial charge in [-0.05, 0) is 48.0 Å². The smallest absolute Gasteiger partial charge is 0.255 e. The quantitative estimate of drug-likeness (QED) is 0.507. The molecule has 0 saturated heterocycles. The minimum Gasteiger partial charge on any atom is -0.497 e. The summed E-state index contributed by atoms with van der Waals surface area (Å²) in [5.74, 6) is 0.459. The third-order valence-electron chi connectivity index (χ3n) is 4.01. The summed E-state index contributed by atoms with van der Waals surface area (Å²) in [4.78, 5) is 24.3. The summed E-state index contributed by atoms with van der Waals surface area (Å²) >= 11 is 0. The Morgan fingerprint density at radius 3 is 2.11 bits per heavy atom. The highest BCUT2D eigenvalue weighted by atomic mass is 16.5. The van der Waals surface area contributed by atoms with E-state index in [2.05, 4.69) is 5.32 Å². The summed E-state index contributed by atoms with van der Waals surface area (Å²) in [6, 6.07) is 23.3. The van der Waals surface area contributed by atoms with Crippen molar-refractivity contribution in [1.82, 2.24) is 0 Å². The number of methoxy groups -OCH3 is 1. The summed E-state index contributed by atoms with van der Waals surface area (Å²) in [6.45, 7) is 0. The second-order valence-electron chi connectivity index (χ2n) is 5.87. The maximum absolute atomic E-state index is 12.3. The lowest BCUT2D eigenvalue weighted by Crippen LogP contribution is -2.11. The summed E-state index contributed by atoms with van der Waals surface area (Å²) in [7, 11) is 1.58. The van der Waals surface area contributed by atoms with Crippen LogP contribution in [0.5, 0.6) is 5.75 Å². The van der Waals surface area contributed by atoms with Crippen LogP contribution in [0.25, 0.3) is 6.08 Å². The maximum Gasteiger partial charge on any atom is 0.255 e. The Labute approximate surface area is 158 Å². The van der Waals surface area contributed by atoms with Gasteiger partial charge in [-0.1, -0.05) is 48.5 Å². The zero-order valence-corrected chi connectivity index (χ0v) is 14.9. The molecule has 1 amide bonds. The number of hydrogen-bond donors (Lipinski definition) is 1. The minimum atomic E-state index is -0.194. The molecule has 0 spiro atoms. The molecule has 0 unspecified atom stereocenters. The fourth-order valence-electron chi connectivity index (χ4n) is 2.49. The van der Waals surface area contributed by atoms with Gasteiger partial charge in [0.2, 0.25) is 0 Å². The van der Waals surface area contributed by atoms with Crippen molar-refractivity contribution in [2.24, 2.45) is 0 Å². The van der Waals surface area contributed by atoms with E-state index in [0.29, 0.717) is 22.6 Å². The number of carbonyl (C=O) groups is 2. The summed E-state index contributed by atoms with van der Waals surface area (Å²) in [6.07, 6.45) is 3.30. The van der Waals surface area contributed by atoms with Crippen molar-refractivity contribution >= 4 is 23.5 Å². The highest BCUT2D eigenvalue weighted by Crippen LogP contribution is 2.15. The first-order chi connectivity index (χ1) is 13.2. The number of ketones is 1. The average molecular weight is 357 g/mol. The number of anilines is 1. The van der Waals surface area contributed by atoms with Crippen molar-refractivity contribution in [3.05, 3.63) is 102 Å². The number of amides is 1. The average Bonchev–Trinajstić information content (AvgIpc) is 2.73. The molecular weight excluding hydrogens is 338 g/mol. The van der Waals surface area contributed by atoms with Crippen molar-refractivity contribution in [3.8, 4) is 5.75 Å². The first-order valence-corrected chi connectivity index (χ1v) is 8.48. The molecule has 3 aromatic rings. The third-order valence-corrected chi connectivity index (χ3v) is 4.01. The van der Waals surface area contributed by atoms with E-state index >= 15 is 0 Å². The summed E-state index contributed by atoms with van der Waals surface area (Å²) in [5.41, 5.74) is 2.76. The van der Waals surface area contributed by atoms with Crippen LogP contribution in [0.2, 0.25) is 0 Å². The van der Waals surface area contributed by atoms with Gasteiger partial charge >= 0.3 is 0 Å². The van der Waals surface area contributed by atoms with Crippen molar-refractivity contribution in [3.63, 3.8) is 0 Å². The Morgan fingerprint density at radius 1 is 0.815 bits per heavy atom. The number of carbonyl (C=O) groups excluding carboxylic acids is 2. The van der Waals surface area contributed by atoms with Crippen molar-refractivity contribution < 1.29 is 14.3 Å². The Bertz CT molecular complexity index is 943. The van der Waals surface area contributed by atoms with E-state index in [4.69, 9.17) is 4.74 Å². The zero-order chi connectivity index (χ0) is 19.1. The van der Waals surface area contributed by atoms with Crippen LogP contribution in [0.4, 0.5) is 5.69 Å². The minimum absolute atomic E-state index is 0.0486. The van der Waals surface area contributed by atoms with Crippen molar-refractivity contribution in [2.45, 2.75) is 0 Å². The molecule has 134 valence electrons. The molecule has 3 aromatic carbocycles. The van der Waals surface area contributed by atoms with Crippen LogP contribution in [0.1, 0.15) is 26.3 Å². The van der Waals surface area contributed by atoms with Crippen LogP contribution in [0.3, 0.4) is 0 Å². The molecule has 0 aliphatic carbocycles. The van der Waals surface area contributed by atoms with Gasteiger partial charge in [-0.25, -0.2) is 0 Å². The van der Waals surface area contributed by atoms with E-state index in [-0.39, 0.29) is 11.7 Å². The molecule has 3 rings (SSSR count). The molecule has 0 saturated carbocycles. The van der Waals surface area contributed by atoms with Gasteiger partial charge in [0.15, 0.2) is 5.78 Å². The van der Waals surface area contributed by atoms with Gasteiger partial charge < -0.3 is 10.1 Å². The lowest BCUT2D eigenvalue weighted by molar-refractivity contribution is 0.102. The first-order valence-electron chi connectivity index (χ1n) is 8.48. The largest absolute Gasteiger partial charge is 0.497 e. The van der Waals surface area contributed by atoms with Crippen molar-refractivity contribution in [2.75, 3.05) is 12.4 Å². The maximum atomic E-state index is 12.3. The fraction of sp³-hybridized carbons (Fsp3) is 0.0435. The monoisotopic (exact) mass is 357 g/mol. The summed E-state index contributed by atoms with van der Waals surface area (Å²) in [5, 5.41) is 2.84. The second kappa shape index (κ2) is 8.63. The highest BCUT2D eigenvalue weighted by Gasteiger charge is 2.06. The van der Waals surface area contributed by atoms with Crippen LogP contribution in [0, 0.1) is 0 Å². The second-order valence-corrected chi connectivity index (χ2v) is 5.87. The molecule has 4 heteroatoms. The van der Waals surface area contributed by atoms with Crippen LogP contribution < -0.4 is 10.1 Å². The van der Waals surface area contributed by atoms with E-state index < -0.39 is 0 Å². The predicted molar refractivity (Wildman–Crippen MR) is 107 cm³/mol. The Balaban J connectivity index is 1.62. The van der Waals surface area contributed by atoms with E-state index in [1.54, 1.807) is 67.8 Å². The number of hydrogen-bond acceptors (Lipinski definition) is 3. The standard InChI is InChI=1S/C23H19NO3/c1-27-21-14-10-19(11-15-21)23(26)24-20-12-7-17(8-13-20)9-16-22(25)18-5-3-2-4-6-18/h2-16H,1H3,(H,24,26)/b16-9+. The molecule has 4 nitrogen and oxygen atoms in total. The van der Waals surface area contributed by atoms with Gasteiger partial charge in [-0.3, -0.25) is 9.59 Å². The molecule has 0 atom stereocenters. The van der Waals surface area contributed by atoms with Gasteiger partial charge in [0.25, 0.3) is 5.91 Å². The number of nitrogens with one attached hydrogen (secondary N) is 1.